The van der Waals surface area contributed by atoms with Crippen LogP contribution in [0.25, 0.3) is 0 Å². The number of nitrogens with one attached hydrogen (secondary N) is 1. The third kappa shape index (κ3) is 2.72. The maximum Gasteiger partial charge on any atom is 0.273 e. The molecule has 1 amide bonds. The van der Waals surface area contributed by atoms with Gasteiger partial charge in [0.1, 0.15) is 4.21 Å². The molecule has 7 heteroatoms. The highest BCUT2D eigenvalue weighted by Gasteiger charge is 2.20. The zero-order chi connectivity index (χ0) is 13.2. The van der Waals surface area contributed by atoms with Gasteiger partial charge in [-0.3, -0.25) is 4.79 Å². The summed E-state index contributed by atoms with van der Waals surface area (Å²) < 4.78 is 25.7. The number of carbonyl (C=O) groups is 1. The molecule has 1 aromatic heterocycles. The molecular weight excluding hydrogens is 294 g/mol. The highest BCUT2D eigenvalue weighted by atomic mass is 35.5. The topological polar surface area (TPSA) is 63.2 Å². The Morgan fingerprint density at radius 1 is 1.17 bits per heavy atom. The maximum atomic E-state index is 11.8. The Bertz CT molecular complexity index is 665. The predicted molar refractivity (Wildman–Crippen MR) is 70.4 cm³/mol. The number of carbonyl (C=O) groups excluding carboxylic acids is 1. The lowest BCUT2D eigenvalue weighted by molar-refractivity contribution is 0.0981. The summed E-state index contributed by atoms with van der Waals surface area (Å²) in [6.07, 6.45) is 0. The standard InChI is InChI=1S/C11H8ClNO3S2/c12-9-5-2-1-4-8(9)11(14)13-18(15,16)10-6-3-7-17-10/h1-7H,(H,13,14). The van der Waals surface area contributed by atoms with Crippen molar-refractivity contribution in [3.05, 3.63) is 52.4 Å². The van der Waals surface area contributed by atoms with Crippen LogP contribution < -0.4 is 4.72 Å². The van der Waals surface area contributed by atoms with Crippen LogP contribution in [0.2, 0.25) is 5.02 Å². The minimum absolute atomic E-state index is 0.0860. The van der Waals surface area contributed by atoms with Gasteiger partial charge in [0.15, 0.2) is 0 Å². The molecule has 1 N–H and O–H groups in total. The molecule has 0 aliphatic carbocycles. The van der Waals surface area contributed by atoms with Crippen LogP contribution in [0.1, 0.15) is 10.4 Å². The Labute approximate surface area is 113 Å². The number of sulfonamides is 1. The quantitative estimate of drug-likeness (QED) is 0.947. The van der Waals surface area contributed by atoms with E-state index in [4.69, 9.17) is 11.6 Å². The Hall–Kier alpha value is -1.37. The van der Waals surface area contributed by atoms with E-state index in [2.05, 4.69) is 0 Å². The third-order valence-electron chi connectivity index (χ3n) is 2.11. The lowest BCUT2D eigenvalue weighted by Gasteiger charge is -2.06. The first-order chi connectivity index (χ1) is 8.50. The second-order valence-electron chi connectivity index (χ2n) is 3.35. The second kappa shape index (κ2) is 5.09. The highest BCUT2D eigenvalue weighted by molar-refractivity contribution is 7.92. The molecule has 0 saturated heterocycles. The van der Waals surface area contributed by atoms with Gasteiger partial charge < -0.3 is 0 Å². The van der Waals surface area contributed by atoms with Crippen LogP contribution in [-0.2, 0) is 10.0 Å². The predicted octanol–water partition coefficient (Wildman–Crippen LogP) is 2.52. The molecule has 2 aromatic rings. The lowest BCUT2D eigenvalue weighted by Crippen LogP contribution is -2.30. The summed E-state index contributed by atoms with van der Waals surface area (Å²) in [7, 11) is -3.82. The van der Waals surface area contributed by atoms with E-state index in [1.165, 1.54) is 18.2 Å². The van der Waals surface area contributed by atoms with Gasteiger partial charge >= 0.3 is 0 Å². The summed E-state index contributed by atoms with van der Waals surface area (Å²) in [5, 5.41) is 1.82. The van der Waals surface area contributed by atoms with Crippen molar-refractivity contribution in [1.29, 1.82) is 0 Å². The van der Waals surface area contributed by atoms with Crippen molar-refractivity contribution in [2.45, 2.75) is 4.21 Å². The first-order valence-electron chi connectivity index (χ1n) is 4.86. The average Bonchev–Trinajstić information content (AvgIpc) is 2.82. The van der Waals surface area contributed by atoms with E-state index in [0.29, 0.717) is 0 Å². The van der Waals surface area contributed by atoms with Crippen LogP contribution in [0.3, 0.4) is 0 Å². The minimum Gasteiger partial charge on any atom is -0.268 e. The van der Waals surface area contributed by atoms with Crippen molar-refractivity contribution in [1.82, 2.24) is 4.72 Å². The van der Waals surface area contributed by atoms with Crippen LogP contribution in [-0.4, -0.2) is 14.3 Å². The molecule has 0 atom stereocenters. The van der Waals surface area contributed by atoms with E-state index in [9.17, 15) is 13.2 Å². The Morgan fingerprint density at radius 3 is 2.50 bits per heavy atom. The van der Waals surface area contributed by atoms with Gasteiger partial charge in [-0.1, -0.05) is 29.8 Å². The van der Waals surface area contributed by atoms with E-state index in [-0.39, 0.29) is 14.8 Å². The van der Waals surface area contributed by atoms with Gasteiger partial charge in [-0.05, 0) is 23.6 Å². The van der Waals surface area contributed by atoms with Crippen LogP contribution in [0.15, 0.2) is 46.0 Å². The highest BCUT2D eigenvalue weighted by Crippen LogP contribution is 2.18. The van der Waals surface area contributed by atoms with Gasteiger partial charge in [0.25, 0.3) is 15.9 Å². The molecule has 0 saturated carbocycles. The number of benzene rings is 1. The molecule has 0 unspecified atom stereocenters. The van der Waals surface area contributed by atoms with E-state index >= 15 is 0 Å². The fraction of sp³-hybridized carbons (Fsp3) is 0. The molecule has 0 spiro atoms. The van der Waals surface area contributed by atoms with Crippen LogP contribution >= 0.6 is 22.9 Å². The molecule has 18 heavy (non-hydrogen) atoms. The van der Waals surface area contributed by atoms with Crippen molar-refractivity contribution < 1.29 is 13.2 Å². The lowest BCUT2D eigenvalue weighted by atomic mass is 10.2. The normalized spacial score (nSPS) is 11.2. The molecule has 0 bridgehead atoms. The van der Waals surface area contributed by atoms with Crippen molar-refractivity contribution >= 4 is 38.9 Å². The molecule has 2 rings (SSSR count). The molecule has 1 aromatic carbocycles. The van der Waals surface area contributed by atoms with Crippen molar-refractivity contribution in [2.75, 3.05) is 0 Å². The SMILES string of the molecule is O=C(NS(=O)(=O)c1cccs1)c1ccccc1Cl. The van der Waals surface area contributed by atoms with Gasteiger partial charge in [-0.15, -0.1) is 11.3 Å². The largest absolute Gasteiger partial charge is 0.273 e. The zero-order valence-corrected chi connectivity index (χ0v) is 11.3. The molecule has 1 heterocycles. The van der Waals surface area contributed by atoms with Gasteiger partial charge in [-0.2, -0.15) is 0 Å². The Kier molecular flexibility index (Phi) is 3.70. The molecule has 0 aliphatic heterocycles. The molecule has 4 nitrogen and oxygen atoms in total. The van der Waals surface area contributed by atoms with Crippen molar-refractivity contribution in [3.8, 4) is 0 Å². The second-order valence-corrected chi connectivity index (χ2v) is 6.61. The Balaban J connectivity index is 2.26. The summed E-state index contributed by atoms with van der Waals surface area (Å²) in [6.45, 7) is 0. The smallest absolute Gasteiger partial charge is 0.268 e. The van der Waals surface area contributed by atoms with Gasteiger partial charge in [0.2, 0.25) is 0 Å². The monoisotopic (exact) mass is 301 g/mol. The number of halogens is 1. The number of thiophene rings is 1. The molecular formula is C11H8ClNO3S2. The van der Waals surface area contributed by atoms with Gasteiger partial charge in [0.05, 0.1) is 10.6 Å². The Morgan fingerprint density at radius 2 is 1.89 bits per heavy atom. The minimum atomic E-state index is -3.82. The van der Waals surface area contributed by atoms with Crippen molar-refractivity contribution in [3.63, 3.8) is 0 Å². The summed E-state index contributed by atoms with van der Waals surface area (Å²) in [5.41, 5.74) is 0.124. The molecule has 0 fully saturated rings. The summed E-state index contributed by atoms with van der Waals surface area (Å²) in [6, 6.07) is 9.27. The van der Waals surface area contributed by atoms with E-state index < -0.39 is 15.9 Å². The first-order valence-corrected chi connectivity index (χ1v) is 7.60. The summed E-state index contributed by atoms with van der Waals surface area (Å²) in [4.78, 5) is 11.8. The van der Waals surface area contributed by atoms with Crippen LogP contribution in [0.4, 0.5) is 0 Å². The maximum absolute atomic E-state index is 11.8. The summed E-state index contributed by atoms with van der Waals surface area (Å²) >= 11 is 6.86. The molecule has 94 valence electrons. The molecule has 0 radical (unpaired) electrons. The van der Waals surface area contributed by atoms with E-state index in [1.54, 1.807) is 23.6 Å². The van der Waals surface area contributed by atoms with Crippen LogP contribution in [0, 0.1) is 0 Å². The first kappa shape index (κ1) is 13.1. The zero-order valence-electron chi connectivity index (χ0n) is 8.96. The average molecular weight is 302 g/mol. The van der Waals surface area contributed by atoms with E-state index in [0.717, 1.165) is 11.3 Å². The van der Waals surface area contributed by atoms with Crippen molar-refractivity contribution in [2.24, 2.45) is 0 Å². The summed E-state index contributed by atoms with van der Waals surface area (Å²) in [5.74, 6) is -0.742. The van der Waals surface area contributed by atoms with Crippen LogP contribution in [0.5, 0.6) is 0 Å². The number of hydrogen-bond donors (Lipinski definition) is 1. The fourth-order valence-electron chi connectivity index (χ4n) is 1.29. The number of hydrogen-bond acceptors (Lipinski definition) is 4. The van der Waals surface area contributed by atoms with Gasteiger partial charge in [-0.25, -0.2) is 13.1 Å². The number of amides is 1. The fourth-order valence-corrected chi connectivity index (χ4v) is 3.47. The molecule has 0 aliphatic rings. The number of rotatable bonds is 3. The van der Waals surface area contributed by atoms with E-state index in [1.807, 2.05) is 4.72 Å². The van der Waals surface area contributed by atoms with Gasteiger partial charge in [0, 0.05) is 0 Å². The third-order valence-corrected chi connectivity index (χ3v) is 5.16.